The Kier molecular flexibility index (Phi) is 7.70. The predicted molar refractivity (Wildman–Crippen MR) is 106 cm³/mol. The summed E-state index contributed by atoms with van der Waals surface area (Å²) in [5.74, 6) is -4.90. The minimum absolute atomic E-state index is 0.0386. The van der Waals surface area contributed by atoms with Crippen molar-refractivity contribution in [2.45, 2.75) is 43.3 Å². The van der Waals surface area contributed by atoms with Crippen LogP contribution < -0.4 is 5.32 Å². The Labute approximate surface area is 181 Å². The number of allylic oxidation sites excluding steroid dienone is 1. The lowest BCUT2D eigenvalue weighted by molar-refractivity contribution is -0.112. The maximum atomic E-state index is 13.7. The van der Waals surface area contributed by atoms with E-state index in [0.717, 1.165) is 24.1 Å². The highest BCUT2D eigenvalue weighted by molar-refractivity contribution is 7.73. The molecule has 1 saturated heterocycles. The van der Waals surface area contributed by atoms with Gasteiger partial charge in [0, 0.05) is 37.8 Å². The SMILES string of the molecule is C/C(C(=N)C(F)(F)F)=C(/C(=N)N1CCCC(F)(F)CC1)C(=O)Nc1ccnc([S-](=N)=O)c1. The molecule has 0 unspecified atom stereocenters. The zero-order valence-corrected chi connectivity index (χ0v) is 17.6. The Bertz CT molecular complexity index is 1030. The number of halogens is 5. The molecule has 1 aromatic rings. The Morgan fingerprint density at radius 3 is 2.50 bits per heavy atom. The molecule has 8 nitrogen and oxygen atoms in total. The maximum absolute atomic E-state index is 13.7. The average Bonchev–Trinajstić information content (AvgIpc) is 2.87. The van der Waals surface area contributed by atoms with Gasteiger partial charge in [0.2, 0.25) is 5.92 Å². The largest absolute Gasteiger partial charge is 0.439 e. The van der Waals surface area contributed by atoms with E-state index in [2.05, 4.69) is 10.3 Å². The number of alkyl halides is 5. The second kappa shape index (κ2) is 9.71. The van der Waals surface area contributed by atoms with Gasteiger partial charge in [-0.1, -0.05) is 0 Å². The smallest absolute Gasteiger partial charge is 0.432 e. The van der Waals surface area contributed by atoms with Gasteiger partial charge in [-0.05, 0) is 36.1 Å². The van der Waals surface area contributed by atoms with Gasteiger partial charge < -0.3 is 19.2 Å². The number of amides is 1. The summed E-state index contributed by atoms with van der Waals surface area (Å²) in [6.45, 7) is 0.421. The molecule has 2 rings (SSSR count). The van der Waals surface area contributed by atoms with Gasteiger partial charge in [-0.3, -0.25) is 20.6 Å². The molecule has 0 radical (unpaired) electrons. The molecule has 4 N–H and O–H groups in total. The molecule has 1 amide bonds. The van der Waals surface area contributed by atoms with Gasteiger partial charge in [-0.25, -0.2) is 8.78 Å². The zero-order chi connectivity index (χ0) is 24.3. The van der Waals surface area contributed by atoms with Gasteiger partial charge >= 0.3 is 6.18 Å². The van der Waals surface area contributed by atoms with E-state index < -0.39 is 64.1 Å². The van der Waals surface area contributed by atoms with Crippen LogP contribution in [-0.4, -0.2) is 52.5 Å². The number of carbonyl (C=O) groups is 1. The molecule has 176 valence electrons. The highest BCUT2D eigenvalue weighted by atomic mass is 32.2. The van der Waals surface area contributed by atoms with Gasteiger partial charge in [0.15, 0.2) is 0 Å². The first-order valence-electron chi connectivity index (χ1n) is 9.22. The van der Waals surface area contributed by atoms with Crippen molar-refractivity contribution < 1.29 is 31.0 Å². The fourth-order valence-electron chi connectivity index (χ4n) is 3.02. The molecule has 0 saturated carbocycles. The molecule has 0 atom stereocenters. The van der Waals surface area contributed by atoms with Crippen molar-refractivity contribution in [1.82, 2.24) is 9.88 Å². The first-order valence-corrected chi connectivity index (χ1v) is 10.4. The molecule has 0 bridgehead atoms. The van der Waals surface area contributed by atoms with Crippen molar-refractivity contribution in [2.75, 3.05) is 18.4 Å². The van der Waals surface area contributed by atoms with E-state index in [1.165, 1.54) is 6.07 Å². The van der Waals surface area contributed by atoms with Gasteiger partial charge in [0.05, 0.1) is 5.57 Å². The van der Waals surface area contributed by atoms with Crippen LogP contribution >= 0.6 is 0 Å². The van der Waals surface area contributed by atoms with Crippen LogP contribution in [0.15, 0.2) is 34.5 Å². The molecule has 1 aromatic heterocycles. The summed E-state index contributed by atoms with van der Waals surface area (Å²) in [6, 6.07) is 2.30. The number of pyridine rings is 1. The number of aromatic nitrogens is 1. The molecular weight excluding hydrogens is 459 g/mol. The van der Waals surface area contributed by atoms with Gasteiger partial charge in [0.1, 0.15) is 11.5 Å². The minimum atomic E-state index is -5.10. The maximum Gasteiger partial charge on any atom is 0.432 e. The van der Waals surface area contributed by atoms with E-state index in [-0.39, 0.29) is 30.2 Å². The van der Waals surface area contributed by atoms with Crippen LogP contribution in [0.5, 0.6) is 0 Å². The first kappa shape index (κ1) is 25.4. The van der Waals surface area contributed by atoms with Crippen LogP contribution in [-0.2, 0) is 19.6 Å². The number of carbonyl (C=O) groups excluding carboxylic acids is 1. The number of hydrogen-bond donors (Lipinski definition) is 4. The van der Waals surface area contributed by atoms with Gasteiger partial charge in [-0.2, -0.15) is 13.2 Å². The lowest BCUT2D eigenvalue weighted by atomic mass is 10.0. The molecule has 1 fully saturated rings. The normalized spacial score (nSPS) is 17.4. The lowest BCUT2D eigenvalue weighted by Gasteiger charge is -2.26. The van der Waals surface area contributed by atoms with Crippen molar-refractivity contribution in [3.05, 3.63) is 29.5 Å². The van der Waals surface area contributed by atoms with Gasteiger partial charge in [-0.15, -0.1) is 10.6 Å². The number of nitrogens with one attached hydrogen (secondary N) is 4. The number of rotatable bonds is 5. The number of hydrogen-bond acceptors (Lipinski definition) is 7. The predicted octanol–water partition coefficient (Wildman–Crippen LogP) is 4.10. The second-order valence-electron chi connectivity index (χ2n) is 7.02. The Balaban J connectivity index is 2.45. The quantitative estimate of drug-likeness (QED) is 0.166. The monoisotopic (exact) mass is 479 g/mol. The fourth-order valence-corrected chi connectivity index (χ4v) is 3.41. The third kappa shape index (κ3) is 6.31. The Hall–Kier alpha value is -2.90. The molecule has 14 heteroatoms. The van der Waals surface area contributed by atoms with Crippen molar-refractivity contribution in [3.8, 4) is 0 Å². The molecule has 0 aromatic carbocycles. The molecule has 1 aliphatic heterocycles. The van der Waals surface area contributed by atoms with E-state index >= 15 is 0 Å². The Morgan fingerprint density at radius 2 is 1.91 bits per heavy atom. The van der Waals surface area contributed by atoms with Crippen LogP contribution in [0.1, 0.15) is 26.2 Å². The minimum Gasteiger partial charge on any atom is -0.439 e. The van der Waals surface area contributed by atoms with Crippen LogP contribution in [0.4, 0.5) is 27.6 Å². The Morgan fingerprint density at radius 1 is 1.25 bits per heavy atom. The van der Waals surface area contributed by atoms with E-state index in [1.54, 1.807) is 0 Å². The van der Waals surface area contributed by atoms with E-state index in [1.807, 2.05) is 0 Å². The molecule has 2 heterocycles. The number of nitrogens with zero attached hydrogens (tertiary/aromatic N) is 2. The van der Waals surface area contributed by atoms with E-state index in [0.29, 0.717) is 0 Å². The summed E-state index contributed by atoms with van der Waals surface area (Å²) in [5, 5.41) is 17.7. The molecule has 32 heavy (non-hydrogen) atoms. The number of amidine groups is 1. The van der Waals surface area contributed by atoms with E-state index in [4.69, 9.17) is 15.6 Å². The molecular formula is C18H20F5N6O2S-. The number of likely N-dealkylation sites (tertiary alicyclic amines) is 1. The number of anilines is 1. The topological polar surface area (TPSA) is 134 Å². The molecule has 1 aliphatic rings. The third-order valence-corrected chi connectivity index (χ3v) is 5.32. The summed E-state index contributed by atoms with van der Waals surface area (Å²) in [4.78, 5) is 17.6. The average molecular weight is 479 g/mol. The standard InChI is InChI=1S/C18H20F5N6O2S/c1-10(14(24)18(21,22)23)13(15(25)29-7-2-4-17(19,20)5-8-29)16(30)28-11-3-6-27-12(9-11)32(26)31/h3,6,9,24-26H,2,4-5,7-8H2,1H3,(H,27,28,30)/q-1/b13-10+,24-14?,25-15?. The van der Waals surface area contributed by atoms with Crippen LogP contribution in [0.3, 0.4) is 0 Å². The lowest BCUT2D eigenvalue weighted by Crippen LogP contribution is -2.39. The van der Waals surface area contributed by atoms with Crippen LogP contribution in [0.25, 0.3) is 0 Å². The summed E-state index contributed by atoms with van der Waals surface area (Å²) >= 11 is 0. The summed E-state index contributed by atoms with van der Waals surface area (Å²) in [7, 11) is -2.24. The van der Waals surface area contributed by atoms with Gasteiger partial charge in [0.25, 0.3) is 5.91 Å². The summed E-state index contributed by atoms with van der Waals surface area (Å²) < 4.78 is 85.2. The van der Waals surface area contributed by atoms with Crippen molar-refractivity contribution in [2.24, 2.45) is 0 Å². The molecule has 0 aliphatic carbocycles. The highest BCUT2D eigenvalue weighted by Crippen LogP contribution is 2.29. The third-order valence-electron chi connectivity index (χ3n) is 4.71. The second-order valence-corrected chi connectivity index (χ2v) is 7.98. The zero-order valence-electron chi connectivity index (χ0n) is 16.8. The summed E-state index contributed by atoms with van der Waals surface area (Å²) in [6.07, 6.45) is -5.11. The van der Waals surface area contributed by atoms with Crippen LogP contribution in [0, 0.1) is 15.6 Å². The fraction of sp³-hybridized carbons (Fsp3) is 0.444. The van der Waals surface area contributed by atoms with Crippen molar-refractivity contribution in [1.29, 1.82) is 15.6 Å². The summed E-state index contributed by atoms with van der Waals surface area (Å²) in [5.41, 5.74) is -3.56. The van der Waals surface area contributed by atoms with E-state index in [9.17, 15) is 31.0 Å². The van der Waals surface area contributed by atoms with Crippen molar-refractivity contribution in [3.63, 3.8) is 0 Å². The van der Waals surface area contributed by atoms with Crippen molar-refractivity contribution >= 4 is 33.7 Å². The molecule has 0 spiro atoms. The first-order chi connectivity index (χ1) is 14.7. The highest BCUT2D eigenvalue weighted by Gasteiger charge is 2.39. The van der Waals surface area contributed by atoms with Crippen LogP contribution in [0.2, 0.25) is 0 Å².